The summed E-state index contributed by atoms with van der Waals surface area (Å²) in [6, 6.07) is 3.11. The molecule has 0 bridgehead atoms. The van der Waals surface area contributed by atoms with E-state index in [4.69, 9.17) is 27.9 Å². The third-order valence-corrected chi connectivity index (χ3v) is 4.71. The second-order valence-electron chi connectivity index (χ2n) is 5.40. The Labute approximate surface area is 146 Å². The van der Waals surface area contributed by atoms with Gasteiger partial charge < -0.3 is 9.64 Å². The van der Waals surface area contributed by atoms with Gasteiger partial charge >= 0.3 is 0 Å². The second-order valence-corrected chi connectivity index (χ2v) is 6.16. The molecule has 1 aliphatic heterocycles. The number of carbonyl (C=O) groups is 2. The number of likely N-dealkylation sites (tertiary alicyclic amines) is 1. The number of amides is 1. The summed E-state index contributed by atoms with van der Waals surface area (Å²) in [4.78, 5) is 25.9. The number of ketones is 1. The molecular formula is C17H19Cl2NO3. The number of hydrogen-bond acceptors (Lipinski definition) is 3. The van der Waals surface area contributed by atoms with Crippen LogP contribution >= 0.6 is 23.2 Å². The predicted octanol–water partition coefficient (Wildman–Crippen LogP) is 4.14. The zero-order chi connectivity index (χ0) is 17.0. The summed E-state index contributed by atoms with van der Waals surface area (Å²) in [5.74, 6) is -0.0174. The van der Waals surface area contributed by atoms with Crippen molar-refractivity contribution in [3.63, 3.8) is 0 Å². The van der Waals surface area contributed by atoms with E-state index >= 15 is 0 Å². The van der Waals surface area contributed by atoms with Crippen LogP contribution in [0, 0.1) is 0 Å². The average molecular weight is 356 g/mol. The summed E-state index contributed by atoms with van der Waals surface area (Å²) in [6.07, 6.45) is 2.59. The fourth-order valence-corrected chi connectivity index (χ4v) is 2.83. The molecule has 1 fully saturated rings. The molecule has 4 nitrogen and oxygen atoms in total. The van der Waals surface area contributed by atoms with Gasteiger partial charge in [0.05, 0.1) is 5.02 Å². The zero-order valence-corrected chi connectivity index (χ0v) is 14.5. The number of ether oxygens (including phenoxy) is 1. The number of allylic oxidation sites excluding steroid dienone is 1. The van der Waals surface area contributed by atoms with E-state index in [1.54, 1.807) is 17.0 Å². The van der Waals surface area contributed by atoms with E-state index in [9.17, 15) is 9.59 Å². The molecular weight excluding hydrogens is 337 g/mol. The third kappa shape index (κ3) is 4.06. The Morgan fingerprint density at radius 2 is 1.87 bits per heavy atom. The maximum Gasteiger partial charge on any atom is 0.260 e. The van der Waals surface area contributed by atoms with Crippen molar-refractivity contribution in [2.45, 2.75) is 26.2 Å². The van der Waals surface area contributed by atoms with Gasteiger partial charge in [0, 0.05) is 18.7 Å². The highest BCUT2D eigenvalue weighted by atomic mass is 35.5. The first-order valence-corrected chi connectivity index (χ1v) is 8.32. The molecule has 124 valence electrons. The number of hydrogen-bond donors (Lipinski definition) is 0. The SMILES string of the molecule is C=C(CC)C(=O)c1ccc(OCC(=O)N2CCCC2)c(Cl)c1Cl. The number of benzene rings is 1. The van der Waals surface area contributed by atoms with Gasteiger partial charge in [0.1, 0.15) is 10.8 Å². The van der Waals surface area contributed by atoms with Gasteiger partial charge in [-0.25, -0.2) is 0 Å². The highest BCUT2D eigenvalue weighted by molar-refractivity contribution is 6.45. The van der Waals surface area contributed by atoms with Crippen molar-refractivity contribution in [3.05, 3.63) is 39.9 Å². The molecule has 1 aromatic rings. The van der Waals surface area contributed by atoms with Crippen LogP contribution in [-0.2, 0) is 4.79 Å². The molecule has 2 rings (SSSR count). The molecule has 0 N–H and O–H groups in total. The quantitative estimate of drug-likeness (QED) is 0.568. The Hall–Kier alpha value is -1.52. The standard InChI is InChI=1S/C17H19Cl2NO3/c1-3-11(2)17(22)12-6-7-13(16(19)15(12)18)23-10-14(21)20-8-4-5-9-20/h6-7H,2-5,8-10H2,1H3. The summed E-state index contributed by atoms with van der Waals surface area (Å²) in [7, 11) is 0. The molecule has 0 unspecified atom stereocenters. The minimum absolute atomic E-state index is 0.0748. The highest BCUT2D eigenvalue weighted by Gasteiger charge is 2.21. The lowest BCUT2D eigenvalue weighted by Crippen LogP contribution is -2.32. The number of rotatable bonds is 6. The summed E-state index contributed by atoms with van der Waals surface area (Å²) in [6.45, 7) is 7.00. The smallest absolute Gasteiger partial charge is 0.260 e. The zero-order valence-electron chi connectivity index (χ0n) is 13.0. The Balaban J connectivity index is 2.09. The van der Waals surface area contributed by atoms with Crippen molar-refractivity contribution in [1.82, 2.24) is 4.90 Å². The van der Waals surface area contributed by atoms with Crippen LogP contribution in [0.4, 0.5) is 0 Å². The molecule has 0 radical (unpaired) electrons. The van der Waals surface area contributed by atoms with E-state index in [1.807, 2.05) is 6.92 Å². The third-order valence-electron chi connectivity index (χ3n) is 3.85. The van der Waals surface area contributed by atoms with Gasteiger partial charge in [-0.05, 0) is 37.0 Å². The summed E-state index contributed by atoms with van der Waals surface area (Å²) < 4.78 is 5.47. The molecule has 1 amide bonds. The molecule has 1 aliphatic rings. The van der Waals surface area contributed by atoms with Gasteiger partial charge in [-0.3, -0.25) is 9.59 Å². The Morgan fingerprint density at radius 3 is 2.48 bits per heavy atom. The predicted molar refractivity (Wildman–Crippen MR) is 91.5 cm³/mol. The lowest BCUT2D eigenvalue weighted by Gasteiger charge is -2.16. The maximum absolute atomic E-state index is 12.2. The lowest BCUT2D eigenvalue weighted by atomic mass is 10.0. The largest absolute Gasteiger partial charge is 0.482 e. The molecule has 0 saturated carbocycles. The maximum atomic E-state index is 12.2. The van der Waals surface area contributed by atoms with E-state index in [0.29, 0.717) is 23.3 Å². The van der Waals surface area contributed by atoms with E-state index in [0.717, 1.165) is 25.9 Å². The summed E-state index contributed by atoms with van der Waals surface area (Å²) >= 11 is 12.3. The summed E-state index contributed by atoms with van der Waals surface area (Å²) in [5.41, 5.74) is 0.752. The van der Waals surface area contributed by atoms with Gasteiger partial charge in [-0.2, -0.15) is 0 Å². The Kier molecular flexibility index (Phi) is 6.08. The fourth-order valence-electron chi connectivity index (χ4n) is 2.37. The number of nitrogens with zero attached hydrogens (tertiary/aromatic N) is 1. The molecule has 1 saturated heterocycles. The molecule has 0 spiro atoms. The van der Waals surface area contributed by atoms with Crippen LogP contribution in [0.1, 0.15) is 36.5 Å². The molecule has 1 heterocycles. The lowest BCUT2D eigenvalue weighted by molar-refractivity contribution is -0.132. The monoisotopic (exact) mass is 355 g/mol. The molecule has 23 heavy (non-hydrogen) atoms. The molecule has 1 aromatic carbocycles. The normalized spacial score (nSPS) is 14.0. The number of halogens is 2. The fraction of sp³-hybridized carbons (Fsp3) is 0.412. The van der Waals surface area contributed by atoms with Gasteiger partial charge in [-0.15, -0.1) is 0 Å². The Morgan fingerprint density at radius 1 is 1.22 bits per heavy atom. The number of Topliss-reactive ketones (excluding diaryl/α,β-unsaturated/α-hetero) is 1. The molecule has 0 aromatic heterocycles. The molecule has 0 atom stereocenters. The van der Waals surface area contributed by atoms with Crippen LogP contribution in [0.5, 0.6) is 5.75 Å². The van der Waals surface area contributed by atoms with Crippen LogP contribution < -0.4 is 4.74 Å². The first-order chi connectivity index (χ1) is 11.0. The van der Waals surface area contributed by atoms with E-state index in [2.05, 4.69) is 6.58 Å². The van der Waals surface area contributed by atoms with Gasteiger partial charge in [0.15, 0.2) is 12.4 Å². The van der Waals surface area contributed by atoms with Gasteiger partial charge in [0.2, 0.25) is 0 Å². The highest BCUT2D eigenvalue weighted by Crippen LogP contribution is 2.35. The van der Waals surface area contributed by atoms with Crippen molar-refractivity contribution in [3.8, 4) is 5.75 Å². The second kappa shape index (κ2) is 7.84. The topological polar surface area (TPSA) is 46.6 Å². The first-order valence-electron chi connectivity index (χ1n) is 7.56. The van der Waals surface area contributed by atoms with Crippen LogP contribution in [0.25, 0.3) is 0 Å². The van der Waals surface area contributed by atoms with E-state index < -0.39 is 0 Å². The minimum Gasteiger partial charge on any atom is -0.482 e. The minimum atomic E-state index is -0.237. The molecule has 0 aliphatic carbocycles. The van der Waals surface area contributed by atoms with E-state index in [-0.39, 0.29) is 28.3 Å². The van der Waals surface area contributed by atoms with Crippen molar-refractivity contribution in [2.24, 2.45) is 0 Å². The van der Waals surface area contributed by atoms with Gasteiger partial charge in [0.25, 0.3) is 5.91 Å². The van der Waals surface area contributed by atoms with Gasteiger partial charge in [-0.1, -0.05) is 36.7 Å². The van der Waals surface area contributed by atoms with E-state index in [1.165, 1.54) is 0 Å². The van der Waals surface area contributed by atoms with Crippen LogP contribution in [0.3, 0.4) is 0 Å². The van der Waals surface area contributed by atoms with Crippen molar-refractivity contribution in [2.75, 3.05) is 19.7 Å². The van der Waals surface area contributed by atoms with Crippen LogP contribution in [-0.4, -0.2) is 36.3 Å². The van der Waals surface area contributed by atoms with Crippen molar-refractivity contribution in [1.29, 1.82) is 0 Å². The Bertz CT molecular complexity index is 637. The summed E-state index contributed by atoms with van der Waals surface area (Å²) in [5, 5.41) is 0.257. The van der Waals surface area contributed by atoms with Crippen LogP contribution in [0.2, 0.25) is 10.0 Å². The first kappa shape index (κ1) is 17.8. The van der Waals surface area contributed by atoms with Crippen LogP contribution in [0.15, 0.2) is 24.3 Å². The average Bonchev–Trinajstić information content (AvgIpc) is 3.09. The number of carbonyl (C=O) groups excluding carboxylic acids is 2. The van der Waals surface area contributed by atoms with Crippen molar-refractivity contribution < 1.29 is 14.3 Å². The van der Waals surface area contributed by atoms with Crippen molar-refractivity contribution >= 4 is 34.9 Å². The molecule has 6 heteroatoms.